The minimum Gasteiger partial charge on any atom is -0.354 e. The number of nitrogens with zero attached hydrogens (tertiary/aromatic N) is 3. The highest BCUT2D eigenvalue weighted by Gasteiger charge is 2.12. The number of hydrogen-bond donors (Lipinski definition) is 1. The van der Waals surface area contributed by atoms with Gasteiger partial charge in [-0.15, -0.1) is 0 Å². The zero-order valence-corrected chi connectivity index (χ0v) is 13.8. The Labute approximate surface area is 136 Å². The second kappa shape index (κ2) is 9.02. The van der Waals surface area contributed by atoms with E-state index in [-0.39, 0.29) is 11.9 Å². The maximum Gasteiger partial charge on any atom is 0.227 e. The Morgan fingerprint density at radius 1 is 1.30 bits per heavy atom. The molecular formula is C17H24N4O2. The summed E-state index contributed by atoms with van der Waals surface area (Å²) >= 11 is 0. The Morgan fingerprint density at radius 2 is 2.09 bits per heavy atom. The van der Waals surface area contributed by atoms with Crippen molar-refractivity contribution < 1.29 is 9.32 Å². The molecule has 0 saturated carbocycles. The molecule has 0 saturated heterocycles. The van der Waals surface area contributed by atoms with Crippen molar-refractivity contribution >= 4 is 5.91 Å². The van der Waals surface area contributed by atoms with Crippen molar-refractivity contribution in [2.24, 2.45) is 0 Å². The van der Waals surface area contributed by atoms with Gasteiger partial charge in [-0.1, -0.05) is 31.3 Å². The van der Waals surface area contributed by atoms with Crippen LogP contribution in [0.3, 0.4) is 0 Å². The van der Waals surface area contributed by atoms with Crippen LogP contribution in [0.15, 0.2) is 29.0 Å². The molecule has 2 aromatic rings. The van der Waals surface area contributed by atoms with Crippen LogP contribution in [0, 0.1) is 0 Å². The van der Waals surface area contributed by atoms with E-state index in [0.717, 1.165) is 18.4 Å². The Bertz CT molecular complexity index is 598. The molecule has 1 amide bonds. The maximum absolute atomic E-state index is 11.9. The van der Waals surface area contributed by atoms with Crippen molar-refractivity contribution in [3.05, 3.63) is 30.4 Å². The summed E-state index contributed by atoms with van der Waals surface area (Å²) in [5.74, 6) is 1.03. The summed E-state index contributed by atoms with van der Waals surface area (Å²) in [6.07, 6.45) is 8.74. The summed E-state index contributed by atoms with van der Waals surface area (Å²) in [7, 11) is 0. The topological polar surface area (TPSA) is 80.9 Å². The lowest BCUT2D eigenvalue weighted by molar-refractivity contribution is -0.121. The predicted octanol–water partition coefficient (Wildman–Crippen LogP) is 3.15. The summed E-state index contributed by atoms with van der Waals surface area (Å²) in [6, 6.07) is 3.85. The van der Waals surface area contributed by atoms with Gasteiger partial charge in [0.25, 0.3) is 0 Å². The third-order valence-electron chi connectivity index (χ3n) is 3.62. The van der Waals surface area contributed by atoms with Gasteiger partial charge in [-0.25, -0.2) is 0 Å². The number of aromatic nitrogens is 3. The molecule has 0 aromatic carbocycles. The molecule has 2 aromatic heterocycles. The lowest BCUT2D eigenvalue weighted by Gasteiger charge is -2.12. The number of hydrogen-bond acceptors (Lipinski definition) is 5. The van der Waals surface area contributed by atoms with Crippen molar-refractivity contribution in [1.82, 2.24) is 20.4 Å². The van der Waals surface area contributed by atoms with E-state index in [1.807, 2.05) is 19.1 Å². The number of pyridine rings is 1. The number of unbranched alkanes of at least 4 members (excludes halogenated alkanes) is 2. The van der Waals surface area contributed by atoms with Crippen molar-refractivity contribution in [3.8, 4) is 11.4 Å². The maximum atomic E-state index is 11.9. The lowest BCUT2D eigenvalue weighted by Crippen LogP contribution is -2.32. The largest absolute Gasteiger partial charge is 0.354 e. The quantitative estimate of drug-likeness (QED) is 0.719. The number of nitrogens with one attached hydrogen (secondary N) is 1. The molecule has 0 spiro atoms. The standard InChI is InChI=1S/C17H24N4O2/c1-3-4-5-6-13(2)19-15(22)7-8-16-20-17(21-23-16)14-9-11-18-12-10-14/h9-13H,3-8H2,1-2H3,(H,19,22). The average Bonchev–Trinajstić information content (AvgIpc) is 3.03. The molecule has 0 aliphatic heterocycles. The molecule has 1 unspecified atom stereocenters. The first-order valence-electron chi connectivity index (χ1n) is 8.21. The second-order valence-electron chi connectivity index (χ2n) is 5.71. The molecule has 124 valence electrons. The minimum atomic E-state index is 0.0256. The van der Waals surface area contributed by atoms with Gasteiger partial charge in [-0.05, 0) is 25.5 Å². The molecule has 6 nitrogen and oxygen atoms in total. The van der Waals surface area contributed by atoms with E-state index in [2.05, 4.69) is 27.4 Å². The molecule has 0 bridgehead atoms. The molecule has 2 heterocycles. The van der Waals surface area contributed by atoms with Crippen LogP contribution in [-0.2, 0) is 11.2 Å². The molecule has 23 heavy (non-hydrogen) atoms. The smallest absolute Gasteiger partial charge is 0.227 e. The van der Waals surface area contributed by atoms with E-state index < -0.39 is 0 Å². The van der Waals surface area contributed by atoms with Crippen LogP contribution in [0.5, 0.6) is 0 Å². The van der Waals surface area contributed by atoms with Crippen molar-refractivity contribution in [2.45, 2.75) is 58.4 Å². The lowest BCUT2D eigenvalue weighted by atomic mass is 10.1. The van der Waals surface area contributed by atoms with Crippen molar-refractivity contribution in [2.75, 3.05) is 0 Å². The predicted molar refractivity (Wildman–Crippen MR) is 87.6 cm³/mol. The van der Waals surface area contributed by atoms with E-state index >= 15 is 0 Å². The first kappa shape index (κ1) is 17.1. The fourth-order valence-electron chi connectivity index (χ4n) is 2.31. The molecule has 6 heteroatoms. The fourth-order valence-corrected chi connectivity index (χ4v) is 2.31. The molecular weight excluding hydrogens is 292 g/mol. The van der Waals surface area contributed by atoms with E-state index in [4.69, 9.17) is 4.52 Å². The van der Waals surface area contributed by atoms with Crippen LogP contribution in [-0.4, -0.2) is 27.1 Å². The van der Waals surface area contributed by atoms with Gasteiger partial charge in [0.15, 0.2) is 0 Å². The van der Waals surface area contributed by atoms with E-state index in [9.17, 15) is 4.79 Å². The summed E-state index contributed by atoms with van der Waals surface area (Å²) in [5.41, 5.74) is 0.851. The Hall–Kier alpha value is -2.24. The fraction of sp³-hybridized carbons (Fsp3) is 0.529. The van der Waals surface area contributed by atoms with Gasteiger partial charge in [0, 0.05) is 36.8 Å². The summed E-state index contributed by atoms with van der Waals surface area (Å²) in [4.78, 5) is 20.2. The highest BCUT2D eigenvalue weighted by Crippen LogP contribution is 2.14. The number of carbonyl (C=O) groups excluding carboxylic acids is 1. The molecule has 0 aliphatic carbocycles. The third kappa shape index (κ3) is 5.81. The second-order valence-corrected chi connectivity index (χ2v) is 5.71. The van der Waals surface area contributed by atoms with E-state index in [1.165, 1.54) is 12.8 Å². The highest BCUT2D eigenvalue weighted by atomic mass is 16.5. The average molecular weight is 316 g/mol. The van der Waals surface area contributed by atoms with Gasteiger partial charge in [0.05, 0.1) is 0 Å². The van der Waals surface area contributed by atoms with Gasteiger partial charge in [-0.2, -0.15) is 4.98 Å². The van der Waals surface area contributed by atoms with Crippen molar-refractivity contribution in [1.29, 1.82) is 0 Å². The zero-order valence-electron chi connectivity index (χ0n) is 13.8. The minimum absolute atomic E-state index is 0.0256. The number of rotatable bonds is 9. The van der Waals surface area contributed by atoms with E-state index in [0.29, 0.717) is 24.6 Å². The third-order valence-corrected chi connectivity index (χ3v) is 3.62. The monoisotopic (exact) mass is 316 g/mol. The van der Waals surface area contributed by atoms with Crippen molar-refractivity contribution in [3.63, 3.8) is 0 Å². The number of aryl methyl sites for hydroxylation is 1. The Balaban J connectivity index is 1.75. The van der Waals surface area contributed by atoms with Gasteiger partial charge < -0.3 is 9.84 Å². The first-order chi connectivity index (χ1) is 11.2. The highest BCUT2D eigenvalue weighted by molar-refractivity contribution is 5.76. The van der Waals surface area contributed by atoms with Crippen LogP contribution in [0.4, 0.5) is 0 Å². The summed E-state index contributed by atoms with van der Waals surface area (Å²) in [6.45, 7) is 4.22. The van der Waals surface area contributed by atoms with Gasteiger partial charge in [0.1, 0.15) is 0 Å². The number of carbonyl (C=O) groups is 1. The molecule has 2 rings (SSSR count). The molecule has 0 radical (unpaired) electrons. The number of amides is 1. The Morgan fingerprint density at radius 3 is 2.83 bits per heavy atom. The van der Waals surface area contributed by atoms with E-state index in [1.54, 1.807) is 12.4 Å². The SMILES string of the molecule is CCCCCC(C)NC(=O)CCc1nc(-c2ccncc2)no1. The molecule has 0 aliphatic rings. The zero-order chi connectivity index (χ0) is 16.5. The van der Waals surface area contributed by atoms with Crippen LogP contribution in [0.1, 0.15) is 51.8 Å². The van der Waals surface area contributed by atoms with Gasteiger partial charge in [-0.3, -0.25) is 9.78 Å². The molecule has 1 atom stereocenters. The van der Waals surface area contributed by atoms with Crippen LogP contribution in [0.25, 0.3) is 11.4 Å². The molecule has 1 N–H and O–H groups in total. The van der Waals surface area contributed by atoms with Gasteiger partial charge >= 0.3 is 0 Å². The van der Waals surface area contributed by atoms with Crippen LogP contribution in [0.2, 0.25) is 0 Å². The summed E-state index contributed by atoms with van der Waals surface area (Å²) < 4.78 is 5.19. The Kier molecular flexibility index (Phi) is 6.72. The normalized spacial score (nSPS) is 12.1. The first-order valence-corrected chi connectivity index (χ1v) is 8.21. The van der Waals surface area contributed by atoms with Crippen LogP contribution < -0.4 is 5.32 Å². The molecule has 0 fully saturated rings. The summed E-state index contributed by atoms with van der Waals surface area (Å²) in [5, 5.41) is 6.94. The van der Waals surface area contributed by atoms with Crippen LogP contribution >= 0.6 is 0 Å². The van der Waals surface area contributed by atoms with Gasteiger partial charge in [0.2, 0.25) is 17.6 Å².